The van der Waals surface area contributed by atoms with Gasteiger partial charge in [0, 0.05) is 23.7 Å². The molecule has 0 spiro atoms. The van der Waals surface area contributed by atoms with Gasteiger partial charge in [-0.25, -0.2) is 9.18 Å². The number of benzene rings is 1. The Morgan fingerprint density at radius 1 is 1.56 bits per heavy atom. The molecule has 0 saturated carbocycles. The zero-order valence-corrected chi connectivity index (χ0v) is 10.3. The molecule has 18 heavy (non-hydrogen) atoms. The highest BCUT2D eigenvalue weighted by atomic mass is 32.2. The molecule has 0 atom stereocenters. The first kappa shape index (κ1) is 12.7. The standard InChI is InChI=1S/C11H12FN3O2S/c12-7-1-2-9(8(13)5-7)18-6-10(16)15-4-3-14-11(15)17/h1-2,5H,3-4,6,13H2,(H,14,17). The second-order valence-corrected chi connectivity index (χ2v) is 4.77. The largest absolute Gasteiger partial charge is 0.398 e. The van der Waals surface area contributed by atoms with E-state index in [1.165, 1.54) is 30.0 Å². The van der Waals surface area contributed by atoms with Gasteiger partial charge in [-0.3, -0.25) is 9.69 Å². The third-order valence-corrected chi connectivity index (χ3v) is 3.55. The van der Waals surface area contributed by atoms with E-state index < -0.39 is 5.82 Å². The fraction of sp³-hybridized carbons (Fsp3) is 0.273. The second kappa shape index (κ2) is 5.26. The van der Waals surface area contributed by atoms with Crippen molar-refractivity contribution in [3.63, 3.8) is 0 Å². The molecular formula is C11H12FN3O2S. The van der Waals surface area contributed by atoms with Crippen molar-refractivity contribution in [1.82, 2.24) is 10.2 Å². The van der Waals surface area contributed by atoms with Crippen molar-refractivity contribution in [2.24, 2.45) is 0 Å². The van der Waals surface area contributed by atoms with Gasteiger partial charge in [-0.1, -0.05) is 0 Å². The molecule has 96 valence electrons. The van der Waals surface area contributed by atoms with Gasteiger partial charge in [0.25, 0.3) is 0 Å². The number of thioether (sulfide) groups is 1. The van der Waals surface area contributed by atoms with Crippen LogP contribution in [0.15, 0.2) is 23.1 Å². The Bertz CT molecular complexity index is 495. The lowest BCUT2D eigenvalue weighted by molar-refractivity contribution is -0.124. The molecule has 0 unspecified atom stereocenters. The number of nitrogen functional groups attached to an aromatic ring is 1. The Labute approximate surface area is 108 Å². The molecule has 0 aromatic heterocycles. The van der Waals surface area contributed by atoms with Crippen molar-refractivity contribution in [3.8, 4) is 0 Å². The summed E-state index contributed by atoms with van der Waals surface area (Å²) >= 11 is 1.19. The van der Waals surface area contributed by atoms with Gasteiger partial charge in [0.15, 0.2) is 0 Å². The minimum absolute atomic E-state index is 0.100. The van der Waals surface area contributed by atoms with E-state index in [2.05, 4.69) is 5.32 Å². The van der Waals surface area contributed by atoms with Crippen molar-refractivity contribution in [2.45, 2.75) is 4.90 Å². The van der Waals surface area contributed by atoms with Crippen molar-refractivity contribution >= 4 is 29.4 Å². The van der Waals surface area contributed by atoms with Crippen LogP contribution in [0.4, 0.5) is 14.9 Å². The van der Waals surface area contributed by atoms with E-state index in [0.29, 0.717) is 23.7 Å². The van der Waals surface area contributed by atoms with Crippen LogP contribution in [0, 0.1) is 5.82 Å². The van der Waals surface area contributed by atoms with E-state index in [4.69, 9.17) is 5.73 Å². The zero-order valence-electron chi connectivity index (χ0n) is 9.48. The van der Waals surface area contributed by atoms with E-state index in [1.807, 2.05) is 0 Å². The number of carbonyl (C=O) groups is 2. The van der Waals surface area contributed by atoms with Gasteiger partial charge in [0.05, 0.1) is 5.75 Å². The monoisotopic (exact) mass is 269 g/mol. The highest BCUT2D eigenvalue weighted by Crippen LogP contribution is 2.25. The summed E-state index contributed by atoms with van der Waals surface area (Å²) in [6.45, 7) is 0.866. The number of nitrogens with two attached hydrogens (primary N) is 1. The maximum absolute atomic E-state index is 12.8. The predicted octanol–water partition coefficient (Wildman–Crippen LogP) is 1.05. The molecule has 2 rings (SSSR count). The number of halogens is 1. The maximum atomic E-state index is 12.8. The molecule has 0 aliphatic carbocycles. The first-order valence-corrected chi connectivity index (χ1v) is 6.32. The zero-order chi connectivity index (χ0) is 13.1. The molecule has 1 fully saturated rings. The summed E-state index contributed by atoms with van der Waals surface area (Å²) in [7, 11) is 0. The molecule has 0 radical (unpaired) electrons. The Kier molecular flexibility index (Phi) is 3.71. The number of hydrogen-bond acceptors (Lipinski definition) is 4. The summed E-state index contributed by atoms with van der Waals surface area (Å²) in [5.74, 6) is -0.593. The minimum atomic E-state index is -0.415. The van der Waals surface area contributed by atoms with Crippen LogP contribution in [0.2, 0.25) is 0 Å². The van der Waals surface area contributed by atoms with Gasteiger partial charge in [0.1, 0.15) is 5.82 Å². The van der Waals surface area contributed by atoms with Gasteiger partial charge in [-0.2, -0.15) is 0 Å². The number of urea groups is 1. The topological polar surface area (TPSA) is 75.4 Å². The van der Waals surface area contributed by atoms with Gasteiger partial charge >= 0.3 is 6.03 Å². The third-order valence-electron chi connectivity index (χ3n) is 2.48. The molecule has 3 N–H and O–H groups in total. The molecule has 7 heteroatoms. The average Bonchev–Trinajstić information content (AvgIpc) is 2.74. The summed E-state index contributed by atoms with van der Waals surface area (Å²) in [6, 6.07) is 3.64. The molecule has 5 nitrogen and oxygen atoms in total. The van der Waals surface area contributed by atoms with Crippen molar-refractivity contribution in [3.05, 3.63) is 24.0 Å². The Hall–Kier alpha value is -1.76. The van der Waals surface area contributed by atoms with Crippen LogP contribution in [0.1, 0.15) is 0 Å². The lowest BCUT2D eigenvalue weighted by Crippen LogP contribution is -2.35. The highest BCUT2D eigenvalue weighted by molar-refractivity contribution is 8.00. The number of hydrogen-bond donors (Lipinski definition) is 2. The number of amides is 3. The van der Waals surface area contributed by atoms with Crippen molar-refractivity contribution in [1.29, 1.82) is 0 Å². The van der Waals surface area contributed by atoms with Gasteiger partial charge in [0.2, 0.25) is 5.91 Å². The number of anilines is 1. The van der Waals surface area contributed by atoms with E-state index in [9.17, 15) is 14.0 Å². The van der Waals surface area contributed by atoms with Crippen LogP contribution in [0.3, 0.4) is 0 Å². The maximum Gasteiger partial charge on any atom is 0.324 e. The average molecular weight is 269 g/mol. The molecule has 0 bridgehead atoms. The first-order valence-electron chi connectivity index (χ1n) is 5.34. The molecule has 1 aliphatic rings. The lowest BCUT2D eigenvalue weighted by Gasteiger charge is -2.12. The Morgan fingerprint density at radius 2 is 2.33 bits per heavy atom. The van der Waals surface area contributed by atoms with Gasteiger partial charge < -0.3 is 11.1 Å². The van der Waals surface area contributed by atoms with Crippen molar-refractivity contribution < 1.29 is 14.0 Å². The minimum Gasteiger partial charge on any atom is -0.398 e. The smallest absolute Gasteiger partial charge is 0.324 e. The van der Waals surface area contributed by atoms with Crippen LogP contribution in [-0.4, -0.2) is 35.7 Å². The lowest BCUT2D eigenvalue weighted by atomic mass is 10.3. The van der Waals surface area contributed by atoms with E-state index in [1.54, 1.807) is 0 Å². The van der Waals surface area contributed by atoms with E-state index in [0.717, 1.165) is 4.90 Å². The summed E-state index contributed by atoms with van der Waals surface area (Å²) in [5.41, 5.74) is 5.91. The summed E-state index contributed by atoms with van der Waals surface area (Å²) in [4.78, 5) is 24.8. The predicted molar refractivity (Wildman–Crippen MR) is 66.6 cm³/mol. The summed E-state index contributed by atoms with van der Waals surface area (Å²) < 4.78 is 12.8. The number of nitrogens with zero attached hydrogens (tertiary/aromatic N) is 1. The van der Waals surface area contributed by atoms with E-state index in [-0.39, 0.29) is 17.7 Å². The normalized spacial score (nSPS) is 14.7. The first-order chi connectivity index (χ1) is 8.58. The summed E-state index contributed by atoms with van der Waals surface area (Å²) in [6.07, 6.45) is 0. The fourth-order valence-corrected chi connectivity index (χ4v) is 2.40. The quantitative estimate of drug-likeness (QED) is 0.635. The van der Waals surface area contributed by atoms with Crippen LogP contribution in [0.25, 0.3) is 0 Å². The van der Waals surface area contributed by atoms with Gasteiger partial charge in [-0.15, -0.1) is 11.8 Å². The molecular weight excluding hydrogens is 257 g/mol. The molecule has 1 heterocycles. The Balaban J connectivity index is 1.95. The van der Waals surface area contributed by atoms with Crippen LogP contribution in [0.5, 0.6) is 0 Å². The molecule has 1 aromatic carbocycles. The van der Waals surface area contributed by atoms with E-state index >= 15 is 0 Å². The highest BCUT2D eigenvalue weighted by Gasteiger charge is 2.25. The van der Waals surface area contributed by atoms with Crippen molar-refractivity contribution in [2.75, 3.05) is 24.6 Å². The fourth-order valence-electron chi connectivity index (χ4n) is 1.58. The molecule has 1 aliphatic heterocycles. The molecule has 1 aromatic rings. The van der Waals surface area contributed by atoms with Gasteiger partial charge in [-0.05, 0) is 18.2 Å². The van der Waals surface area contributed by atoms with Crippen LogP contribution in [-0.2, 0) is 4.79 Å². The van der Waals surface area contributed by atoms with Crippen LogP contribution < -0.4 is 11.1 Å². The number of rotatable bonds is 3. The molecule has 1 saturated heterocycles. The Morgan fingerprint density at radius 3 is 2.94 bits per heavy atom. The number of nitrogens with one attached hydrogen (secondary N) is 1. The molecule has 3 amide bonds. The second-order valence-electron chi connectivity index (χ2n) is 3.75. The summed E-state index contributed by atoms with van der Waals surface area (Å²) in [5, 5.41) is 2.55. The third kappa shape index (κ3) is 2.73. The number of carbonyl (C=O) groups excluding carboxylic acids is 2. The SMILES string of the molecule is Nc1cc(F)ccc1SCC(=O)N1CCNC1=O. The number of imide groups is 1. The van der Waals surface area contributed by atoms with Crippen LogP contribution >= 0.6 is 11.8 Å².